The summed E-state index contributed by atoms with van der Waals surface area (Å²) >= 11 is 0. The molecule has 0 radical (unpaired) electrons. The van der Waals surface area contributed by atoms with Gasteiger partial charge in [0.05, 0.1) is 5.56 Å². The van der Waals surface area contributed by atoms with Crippen molar-refractivity contribution in [3.05, 3.63) is 23.9 Å². The smallest absolute Gasteiger partial charge is 0.255 e. The van der Waals surface area contributed by atoms with Gasteiger partial charge < -0.3 is 10.6 Å². The molecule has 4 nitrogen and oxygen atoms in total. The molecule has 2 N–H and O–H groups in total. The molecule has 1 amide bonds. The number of hydrogen-bond acceptors (Lipinski definition) is 3. The highest BCUT2D eigenvalue weighted by Crippen LogP contribution is 2.34. The zero-order valence-corrected chi connectivity index (χ0v) is 11.1. The molecule has 0 spiro atoms. The highest BCUT2D eigenvalue weighted by atomic mass is 16.2. The van der Waals surface area contributed by atoms with Crippen LogP contribution in [-0.4, -0.2) is 28.9 Å². The van der Waals surface area contributed by atoms with Crippen LogP contribution in [0.15, 0.2) is 18.3 Å². The second kappa shape index (κ2) is 4.96. The Kier molecular flexibility index (Phi) is 3.55. The minimum atomic E-state index is 0.0700. The molecule has 0 unspecified atom stereocenters. The first-order valence-corrected chi connectivity index (χ1v) is 6.55. The van der Waals surface area contributed by atoms with Gasteiger partial charge in [-0.3, -0.25) is 4.79 Å². The molecule has 0 saturated carbocycles. The molecular weight excluding hydrogens is 226 g/mol. The van der Waals surface area contributed by atoms with E-state index < -0.39 is 0 Å². The van der Waals surface area contributed by atoms with Crippen LogP contribution in [0.2, 0.25) is 0 Å². The Labute approximate surface area is 108 Å². The number of pyridine rings is 1. The van der Waals surface area contributed by atoms with E-state index in [1.807, 2.05) is 4.90 Å². The van der Waals surface area contributed by atoms with Crippen LogP contribution in [0, 0.1) is 5.41 Å². The van der Waals surface area contributed by atoms with Crippen molar-refractivity contribution < 1.29 is 4.79 Å². The third-order valence-corrected chi connectivity index (χ3v) is 4.14. The third kappa shape index (κ3) is 2.63. The van der Waals surface area contributed by atoms with Gasteiger partial charge in [-0.05, 0) is 30.4 Å². The van der Waals surface area contributed by atoms with E-state index in [0.717, 1.165) is 25.9 Å². The van der Waals surface area contributed by atoms with Gasteiger partial charge in [0.15, 0.2) is 0 Å². The Balaban J connectivity index is 2.01. The van der Waals surface area contributed by atoms with Crippen LogP contribution >= 0.6 is 0 Å². The molecule has 2 heterocycles. The number of piperidine rings is 1. The summed E-state index contributed by atoms with van der Waals surface area (Å²) in [7, 11) is 0. The molecule has 0 atom stereocenters. The second-order valence-electron chi connectivity index (χ2n) is 5.43. The van der Waals surface area contributed by atoms with E-state index in [0.29, 0.717) is 16.8 Å². The maximum atomic E-state index is 12.3. The minimum absolute atomic E-state index is 0.0700. The molecule has 1 aromatic heterocycles. The summed E-state index contributed by atoms with van der Waals surface area (Å²) in [6.07, 6.45) is 4.90. The van der Waals surface area contributed by atoms with Crippen LogP contribution in [0.3, 0.4) is 0 Å². The van der Waals surface area contributed by atoms with Gasteiger partial charge in [-0.2, -0.15) is 0 Å². The average Bonchev–Trinajstić information content (AvgIpc) is 2.40. The molecule has 4 heteroatoms. The number of carbonyl (C=O) groups is 1. The van der Waals surface area contributed by atoms with Crippen LogP contribution in [0.25, 0.3) is 0 Å². The molecule has 1 aliphatic heterocycles. The molecule has 2 rings (SSSR count). The van der Waals surface area contributed by atoms with Gasteiger partial charge in [-0.15, -0.1) is 0 Å². The predicted molar refractivity (Wildman–Crippen MR) is 72.2 cm³/mol. The molecule has 1 fully saturated rings. The molecule has 1 aliphatic rings. The zero-order chi connectivity index (χ0) is 13.2. The summed E-state index contributed by atoms with van der Waals surface area (Å²) in [4.78, 5) is 18.1. The monoisotopic (exact) mass is 247 g/mol. The normalized spacial score (nSPS) is 18.7. The Morgan fingerprint density at radius 2 is 2.11 bits per heavy atom. The van der Waals surface area contributed by atoms with Crippen molar-refractivity contribution in [1.82, 2.24) is 9.88 Å². The van der Waals surface area contributed by atoms with Gasteiger partial charge in [0.2, 0.25) is 0 Å². The van der Waals surface area contributed by atoms with Crippen LogP contribution in [-0.2, 0) is 0 Å². The van der Waals surface area contributed by atoms with Crippen LogP contribution < -0.4 is 5.73 Å². The largest absolute Gasteiger partial charge is 0.384 e. The number of anilines is 1. The Morgan fingerprint density at radius 1 is 1.44 bits per heavy atom. The first-order chi connectivity index (χ1) is 8.54. The van der Waals surface area contributed by atoms with E-state index in [9.17, 15) is 4.79 Å². The number of likely N-dealkylation sites (tertiary alicyclic amines) is 1. The summed E-state index contributed by atoms with van der Waals surface area (Å²) in [6, 6.07) is 3.42. The van der Waals surface area contributed by atoms with Crippen molar-refractivity contribution >= 4 is 11.7 Å². The standard InChI is InChI=1S/C14H21N3O/c1-3-14(2)6-8-17(9-7-14)13(18)11-4-5-12(15)16-10-11/h4-5,10H,3,6-9H2,1-2H3,(H2,15,16). The van der Waals surface area contributed by atoms with Gasteiger partial charge in [-0.1, -0.05) is 20.3 Å². The van der Waals surface area contributed by atoms with Gasteiger partial charge in [0.1, 0.15) is 5.82 Å². The van der Waals surface area contributed by atoms with E-state index in [1.165, 1.54) is 6.42 Å². The van der Waals surface area contributed by atoms with Gasteiger partial charge >= 0.3 is 0 Å². The Morgan fingerprint density at radius 3 is 2.61 bits per heavy atom. The number of hydrogen-bond donors (Lipinski definition) is 1. The predicted octanol–water partition coefficient (Wildman–Crippen LogP) is 2.32. The summed E-state index contributed by atoms with van der Waals surface area (Å²) in [5.41, 5.74) is 6.55. The maximum Gasteiger partial charge on any atom is 0.255 e. The minimum Gasteiger partial charge on any atom is -0.384 e. The lowest BCUT2D eigenvalue weighted by Crippen LogP contribution is -2.41. The number of carbonyl (C=O) groups excluding carboxylic acids is 1. The summed E-state index contributed by atoms with van der Waals surface area (Å²) < 4.78 is 0. The average molecular weight is 247 g/mol. The Bertz CT molecular complexity index is 419. The summed E-state index contributed by atoms with van der Waals surface area (Å²) in [5.74, 6) is 0.518. The molecule has 1 aromatic rings. The van der Waals surface area contributed by atoms with Crippen molar-refractivity contribution in [2.75, 3.05) is 18.8 Å². The number of aromatic nitrogens is 1. The molecule has 0 bridgehead atoms. The number of nitrogens with two attached hydrogens (primary N) is 1. The van der Waals surface area contributed by atoms with Gasteiger partial charge in [0, 0.05) is 19.3 Å². The second-order valence-corrected chi connectivity index (χ2v) is 5.43. The van der Waals surface area contributed by atoms with E-state index >= 15 is 0 Å². The highest BCUT2D eigenvalue weighted by Gasteiger charge is 2.30. The van der Waals surface area contributed by atoms with Crippen LogP contribution in [0.5, 0.6) is 0 Å². The van der Waals surface area contributed by atoms with E-state index in [4.69, 9.17) is 5.73 Å². The Hall–Kier alpha value is -1.58. The van der Waals surface area contributed by atoms with Crippen LogP contribution in [0.4, 0.5) is 5.82 Å². The van der Waals surface area contributed by atoms with Crippen molar-refractivity contribution in [2.45, 2.75) is 33.1 Å². The first kappa shape index (κ1) is 12.9. The third-order valence-electron chi connectivity index (χ3n) is 4.14. The molecule has 0 aliphatic carbocycles. The topological polar surface area (TPSA) is 59.2 Å². The number of amides is 1. The lowest BCUT2D eigenvalue weighted by Gasteiger charge is -2.38. The zero-order valence-electron chi connectivity index (χ0n) is 11.1. The summed E-state index contributed by atoms with van der Waals surface area (Å²) in [5, 5.41) is 0. The van der Waals surface area contributed by atoms with Crippen molar-refractivity contribution in [3.8, 4) is 0 Å². The van der Waals surface area contributed by atoms with Gasteiger partial charge in [-0.25, -0.2) is 4.98 Å². The number of nitrogens with zero attached hydrogens (tertiary/aromatic N) is 2. The molecule has 98 valence electrons. The maximum absolute atomic E-state index is 12.3. The molecule has 1 saturated heterocycles. The van der Waals surface area contributed by atoms with Crippen LogP contribution in [0.1, 0.15) is 43.5 Å². The molecule has 18 heavy (non-hydrogen) atoms. The molecular formula is C14H21N3O. The fourth-order valence-corrected chi connectivity index (χ4v) is 2.32. The lowest BCUT2D eigenvalue weighted by atomic mass is 9.78. The van der Waals surface area contributed by atoms with E-state index in [2.05, 4.69) is 18.8 Å². The highest BCUT2D eigenvalue weighted by molar-refractivity contribution is 5.94. The quantitative estimate of drug-likeness (QED) is 0.872. The molecule has 0 aromatic carbocycles. The van der Waals surface area contributed by atoms with E-state index in [1.54, 1.807) is 18.3 Å². The van der Waals surface area contributed by atoms with Crippen molar-refractivity contribution in [1.29, 1.82) is 0 Å². The van der Waals surface area contributed by atoms with Crippen molar-refractivity contribution in [2.24, 2.45) is 5.41 Å². The SMILES string of the molecule is CCC1(C)CCN(C(=O)c2ccc(N)nc2)CC1. The fraction of sp³-hybridized carbons (Fsp3) is 0.571. The van der Waals surface area contributed by atoms with Crippen molar-refractivity contribution in [3.63, 3.8) is 0 Å². The first-order valence-electron chi connectivity index (χ1n) is 6.55. The van der Waals surface area contributed by atoms with Gasteiger partial charge in [0.25, 0.3) is 5.91 Å². The lowest BCUT2D eigenvalue weighted by molar-refractivity contribution is 0.0600. The fourth-order valence-electron chi connectivity index (χ4n) is 2.32. The number of nitrogen functional groups attached to an aromatic ring is 1. The van der Waals surface area contributed by atoms with E-state index in [-0.39, 0.29) is 5.91 Å². The number of rotatable bonds is 2. The summed E-state index contributed by atoms with van der Waals surface area (Å²) in [6.45, 7) is 6.21.